The van der Waals surface area contributed by atoms with Crippen molar-refractivity contribution in [2.75, 3.05) is 5.75 Å². The van der Waals surface area contributed by atoms with E-state index < -0.39 is 0 Å². The van der Waals surface area contributed by atoms with Crippen molar-refractivity contribution < 1.29 is 0 Å². The molecule has 0 aromatic heterocycles. The van der Waals surface area contributed by atoms with Gasteiger partial charge in [0.2, 0.25) is 0 Å². The topological polar surface area (TPSA) is 12.4 Å². The Labute approximate surface area is 49.3 Å². The van der Waals surface area contributed by atoms with Crippen LogP contribution in [0.15, 0.2) is 4.99 Å². The molecule has 1 aliphatic rings. The van der Waals surface area contributed by atoms with E-state index in [2.05, 4.69) is 20.9 Å². The van der Waals surface area contributed by atoms with Crippen molar-refractivity contribution in [2.45, 2.75) is 4.95 Å². The summed E-state index contributed by atoms with van der Waals surface area (Å²) in [7, 11) is 0. The Bertz CT molecular complexity index is 73.2. The van der Waals surface area contributed by atoms with Crippen LogP contribution in [-0.2, 0) is 0 Å². The van der Waals surface area contributed by atoms with Gasteiger partial charge in [0.25, 0.3) is 0 Å². The van der Waals surface area contributed by atoms with Crippen LogP contribution in [0.1, 0.15) is 0 Å². The molecule has 0 spiro atoms. The number of halogens is 1. The molecule has 1 atom stereocenters. The van der Waals surface area contributed by atoms with E-state index in [1.807, 2.05) is 5.55 Å². The smallest absolute Gasteiger partial charge is 0.115 e. The highest BCUT2D eigenvalue weighted by atomic mass is 79.9. The SMILES string of the molecule is BrC1CSC=N1. The van der Waals surface area contributed by atoms with E-state index >= 15 is 0 Å². The molecular formula is C3H4BrNS. The minimum absolute atomic E-state index is 0.391. The van der Waals surface area contributed by atoms with Crippen molar-refractivity contribution in [3.63, 3.8) is 0 Å². The van der Waals surface area contributed by atoms with E-state index in [1.165, 1.54) is 0 Å². The summed E-state index contributed by atoms with van der Waals surface area (Å²) in [5.41, 5.74) is 1.87. The third kappa shape index (κ3) is 0.980. The maximum atomic E-state index is 3.99. The summed E-state index contributed by atoms with van der Waals surface area (Å²) in [6, 6.07) is 0. The van der Waals surface area contributed by atoms with Crippen LogP contribution in [0.4, 0.5) is 0 Å². The molecule has 0 saturated heterocycles. The van der Waals surface area contributed by atoms with Crippen LogP contribution in [0.5, 0.6) is 0 Å². The highest BCUT2D eigenvalue weighted by Gasteiger charge is 2.02. The number of rotatable bonds is 0. The number of hydrogen-bond donors (Lipinski definition) is 0. The number of hydrogen-bond acceptors (Lipinski definition) is 2. The standard InChI is InChI=1S/C3H4BrNS/c4-3-1-6-2-5-3/h2-3H,1H2. The molecule has 1 unspecified atom stereocenters. The van der Waals surface area contributed by atoms with Gasteiger partial charge in [-0.25, -0.2) is 0 Å². The van der Waals surface area contributed by atoms with Crippen LogP contribution in [0.25, 0.3) is 0 Å². The van der Waals surface area contributed by atoms with E-state index in [4.69, 9.17) is 0 Å². The first-order chi connectivity index (χ1) is 2.89. The predicted molar refractivity (Wildman–Crippen MR) is 33.7 cm³/mol. The summed E-state index contributed by atoms with van der Waals surface area (Å²) in [6.07, 6.45) is 0. The molecule has 0 aliphatic carbocycles. The highest BCUT2D eigenvalue weighted by Crippen LogP contribution is 2.15. The third-order valence-corrected chi connectivity index (χ3v) is 2.30. The summed E-state index contributed by atoms with van der Waals surface area (Å²) in [5.74, 6) is 1.10. The van der Waals surface area contributed by atoms with Crippen LogP contribution in [0, 0.1) is 0 Å². The minimum Gasteiger partial charge on any atom is -0.271 e. The van der Waals surface area contributed by atoms with Gasteiger partial charge in [0.05, 0.1) is 5.55 Å². The molecule has 0 aromatic carbocycles. The number of nitrogens with zero attached hydrogens (tertiary/aromatic N) is 1. The van der Waals surface area contributed by atoms with Gasteiger partial charge in [-0.05, 0) is 0 Å². The van der Waals surface area contributed by atoms with Crippen molar-refractivity contribution >= 4 is 33.2 Å². The van der Waals surface area contributed by atoms with Gasteiger partial charge < -0.3 is 0 Å². The van der Waals surface area contributed by atoms with Crippen LogP contribution in [0.3, 0.4) is 0 Å². The fourth-order valence-electron chi connectivity index (χ4n) is 0.275. The van der Waals surface area contributed by atoms with E-state index in [9.17, 15) is 0 Å². The molecule has 34 valence electrons. The van der Waals surface area contributed by atoms with Gasteiger partial charge in [-0.15, -0.1) is 11.8 Å². The van der Waals surface area contributed by atoms with Crippen LogP contribution in [-0.4, -0.2) is 16.3 Å². The first kappa shape index (κ1) is 4.65. The number of thioether (sulfide) groups is 1. The Morgan fingerprint density at radius 1 is 2.00 bits per heavy atom. The average Bonchev–Trinajstić information content (AvgIpc) is 1.86. The maximum absolute atomic E-state index is 3.99. The van der Waals surface area contributed by atoms with Gasteiger partial charge in [0.1, 0.15) is 4.95 Å². The molecule has 0 radical (unpaired) electrons. The lowest BCUT2D eigenvalue weighted by atomic mass is 10.8. The van der Waals surface area contributed by atoms with E-state index in [1.54, 1.807) is 11.8 Å². The Kier molecular flexibility index (Phi) is 1.54. The zero-order valence-corrected chi connectivity index (χ0v) is 5.50. The second-order valence-electron chi connectivity index (χ2n) is 1.02. The van der Waals surface area contributed by atoms with Crippen molar-refractivity contribution in [3.05, 3.63) is 0 Å². The van der Waals surface area contributed by atoms with E-state index in [-0.39, 0.29) is 0 Å². The normalized spacial score (nSPS) is 31.8. The maximum Gasteiger partial charge on any atom is 0.115 e. The van der Waals surface area contributed by atoms with Crippen molar-refractivity contribution in [1.82, 2.24) is 0 Å². The van der Waals surface area contributed by atoms with Crippen LogP contribution in [0.2, 0.25) is 0 Å². The lowest BCUT2D eigenvalue weighted by Crippen LogP contribution is -1.86. The quantitative estimate of drug-likeness (QED) is 0.392. The van der Waals surface area contributed by atoms with Crippen LogP contribution >= 0.6 is 27.7 Å². The van der Waals surface area contributed by atoms with E-state index in [0.717, 1.165) is 5.75 Å². The average molecular weight is 166 g/mol. The summed E-state index contributed by atoms with van der Waals surface area (Å²) >= 11 is 5.06. The monoisotopic (exact) mass is 165 g/mol. The molecule has 0 aromatic rings. The Morgan fingerprint density at radius 2 is 2.83 bits per heavy atom. The minimum atomic E-state index is 0.391. The van der Waals surface area contributed by atoms with Crippen molar-refractivity contribution in [1.29, 1.82) is 0 Å². The van der Waals surface area contributed by atoms with Gasteiger partial charge in [-0.1, -0.05) is 15.9 Å². The molecule has 0 fully saturated rings. The molecule has 0 bridgehead atoms. The van der Waals surface area contributed by atoms with Gasteiger partial charge in [0, 0.05) is 5.75 Å². The Balaban J connectivity index is 2.38. The Hall–Kier alpha value is 0.500. The molecule has 3 heteroatoms. The first-order valence-corrected chi connectivity index (χ1v) is 3.63. The molecule has 0 amide bonds. The zero-order chi connectivity index (χ0) is 4.41. The number of aliphatic imine (C=N–C) groups is 1. The zero-order valence-electron chi connectivity index (χ0n) is 3.10. The van der Waals surface area contributed by atoms with Gasteiger partial charge >= 0.3 is 0 Å². The fourth-order valence-corrected chi connectivity index (χ4v) is 1.57. The first-order valence-electron chi connectivity index (χ1n) is 1.67. The predicted octanol–water partition coefficient (Wildman–Crippen LogP) is 1.48. The molecule has 1 heterocycles. The molecule has 0 N–H and O–H groups in total. The third-order valence-electron chi connectivity index (χ3n) is 0.531. The van der Waals surface area contributed by atoms with Crippen LogP contribution < -0.4 is 0 Å². The highest BCUT2D eigenvalue weighted by molar-refractivity contribution is 9.09. The van der Waals surface area contributed by atoms with Gasteiger partial charge in [-0.3, -0.25) is 4.99 Å². The fraction of sp³-hybridized carbons (Fsp3) is 0.667. The molecular weight excluding hydrogens is 162 g/mol. The Morgan fingerprint density at radius 3 is 3.00 bits per heavy atom. The summed E-state index contributed by atoms with van der Waals surface area (Å²) in [6.45, 7) is 0. The molecule has 6 heavy (non-hydrogen) atoms. The largest absolute Gasteiger partial charge is 0.271 e. The second kappa shape index (κ2) is 1.98. The molecule has 1 aliphatic heterocycles. The van der Waals surface area contributed by atoms with Gasteiger partial charge in [0.15, 0.2) is 0 Å². The lowest BCUT2D eigenvalue weighted by molar-refractivity contribution is 1.11. The molecule has 1 nitrogen and oxygen atoms in total. The van der Waals surface area contributed by atoms with Crippen molar-refractivity contribution in [2.24, 2.45) is 4.99 Å². The number of alkyl halides is 1. The summed E-state index contributed by atoms with van der Waals surface area (Å²) < 4.78 is 0. The summed E-state index contributed by atoms with van der Waals surface area (Å²) in [4.78, 5) is 4.38. The lowest BCUT2D eigenvalue weighted by Gasteiger charge is -1.85. The van der Waals surface area contributed by atoms with E-state index in [0.29, 0.717) is 4.95 Å². The molecule has 1 rings (SSSR count). The summed E-state index contributed by atoms with van der Waals surface area (Å²) in [5, 5.41) is 0. The molecule has 0 saturated carbocycles. The van der Waals surface area contributed by atoms with Crippen molar-refractivity contribution in [3.8, 4) is 0 Å². The second-order valence-corrected chi connectivity index (χ2v) is 2.96. The van der Waals surface area contributed by atoms with Gasteiger partial charge in [-0.2, -0.15) is 0 Å².